The second-order valence-electron chi connectivity index (χ2n) is 7.17. The molecule has 0 spiro atoms. The topological polar surface area (TPSA) is 52.3 Å². The van der Waals surface area contributed by atoms with E-state index in [1.54, 1.807) is 6.92 Å². The van der Waals surface area contributed by atoms with Crippen LogP contribution in [-0.4, -0.2) is 17.6 Å². The first kappa shape index (κ1) is 17.7. The maximum absolute atomic E-state index is 12.0. The van der Waals surface area contributed by atoms with Gasteiger partial charge in [0.2, 0.25) is 5.76 Å². The predicted octanol–water partition coefficient (Wildman–Crippen LogP) is 4.27. The minimum absolute atomic E-state index is 0.177. The number of hydrogen-bond donors (Lipinski definition) is 0. The Morgan fingerprint density at radius 1 is 1.24 bits per heavy atom. The van der Waals surface area contributed by atoms with E-state index in [1.807, 2.05) is 0 Å². The van der Waals surface area contributed by atoms with Crippen LogP contribution in [0.5, 0.6) is 0 Å². The van der Waals surface area contributed by atoms with Crippen molar-refractivity contribution in [2.45, 2.75) is 61.3 Å². The Labute approximate surface area is 128 Å². The Morgan fingerprint density at radius 3 is 2.33 bits per heavy atom. The van der Waals surface area contributed by atoms with Gasteiger partial charge in [0.15, 0.2) is 5.89 Å². The highest BCUT2D eigenvalue weighted by molar-refractivity contribution is 5.87. The van der Waals surface area contributed by atoms with Crippen LogP contribution in [0.3, 0.4) is 0 Å². The molecule has 1 rings (SSSR count). The summed E-state index contributed by atoms with van der Waals surface area (Å²) in [6, 6.07) is 0. The molecule has 1 heterocycles. The highest BCUT2D eigenvalue weighted by Gasteiger charge is 2.26. The maximum atomic E-state index is 12.0. The minimum atomic E-state index is -0.407. The van der Waals surface area contributed by atoms with Crippen molar-refractivity contribution in [2.75, 3.05) is 6.61 Å². The minimum Gasteiger partial charge on any atom is -0.460 e. The molecule has 0 amide bonds. The zero-order valence-corrected chi connectivity index (χ0v) is 14.4. The fourth-order valence-corrected chi connectivity index (χ4v) is 1.94. The van der Waals surface area contributed by atoms with E-state index in [4.69, 9.17) is 9.15 Å². The molecule has 0 saturated heterocycles. The molecule has 0 aromatic carbocycles. The van der Waals surface area contributed by atoms with Crippen molar-refractivity contribution in [3.05, 3.63) is 17.3 Å². The number of oxazole rings is 1. The Balaban J connectivity index is 2.99. The standard InChI is InChI=1S/C17H29NO3/c1-8-20-16(19)15-13(9-11(2)3)18-14(21-15)10-12(4)17(5,6)7/h11-12H,8-10H2,1-7H3. The maximum Gasteiger partial charge on any atom is 0.376 e. The van der Waals surface area contributed by atoms with Crippen molar-refractivity contribution in [1.29, 1.82) is 0 Å². The van der Waals surface area contributed by atoms with E-state index in [0.717, 1.165) is 18.5 Å². The van der Waals surface area contributed by atoms with Crippen molar-refractivity contribution in [3.63, 3.8) is 0 Å². The van der Waals surface area contributed by atoms with Crippen LogP contribution >= 0.6 is 0 Å². The van der Waals surface area contributed by atoms with Crippen molar-refractivity contribution in [3.8, 4) is 0 Å². The van der Waals surface area contributed by atoms with Crippen LogP contribution in [-0.2, 0) is 17.6 Å². The molecule has 1 atom stereocenters. The van der Waals surface area contributed by atoms with E-state index in [0.29, 0.717) is 24.3 Å². The second kappa shape index (κ2) is 7.10. The van der Waals surface area contributed by atoms with Gasteiger partial charge in [-0.3, -0.25) is 0 Å². The van der Waals surface area contributed by atoms with Gasteiger partial charge in [-0.25, -0.2) is 9.78 Å². The average Bonchev–Trinajstić information content (AvgIpc) is 2.70. The number of nitrogens with zero attached hydrogens (tertiary/aromatic N) is 1. The van der Waals surface area contributed by atoms with Crippen LogP contribution in [0, 0.1) is 17.3 Å². The summed E-state index contributed by atoms with van der Waals surface area (Å²) >= 11 is 0. The first-order valence-electron chi connectivity index (χ1n) is 7.80. The number of hydrogen-bond acceptors (Lipinski definition) is 4. The van der Waals surface area contributed by atoms with E-state index in [-0.39, 0.29) is 11.2 Å². The summed E-state index contributed by atoms with van der Waals surface area (Å²) in [5.41, 5.74) is 0.899. The summed E-state index contributed by atoms with van der Waals surface area (Å²) in [4.78, 5) is 16.5. The number of carbonyl (C=O) groups is 1. The Bertz CT molecular complexity index is 469. The first-order valence-corrected chi connectivity index (χ1v) is 7.80. The lowest BCUT2D eigenvalue weighted by Crippen LogP contribution is -2.19. The lowest BCUT2D eigenvalue weighted by Gasteiger charge is -2.25. The molecule has 4 nitrogen and oxygen atoms in total. The smallest absolute Gasteiger partial charge is 0.376 e. The second-order valence-corrected chi connectivity index (χ2v) is 7.17. The average molecular weight is 295 g/mol. The van der Waals surface area contributed by atoms with Crippen molar-refractivity contribution < 1.29 is 13.9 Å². The van der Waals surface area contributed by atoms with Gasteiger partial charge in [-0.1, -0.05) is 41.5 Å². The third-order valence-corrected chi connectivity index (χ3v) is 3.76. The third-order valence-electron chi connectivity index (χ3n) is 3.76. The molecule has 120 valence electrons. The normalized spacial score (nSPS) is 13.5. The molecule has 1 aromatic rings. The molecule has 0 bridgehead atoms. The van der Waals surface area contributed by atoms with Crippen molar-refractivity contribution in [2.24, 2.45) is 17.3 Å². The SMILES string of the molecule is CCOC(=O)c1oc(CC(C)C(C)(C)C)nc1CC(C)C. The largest absolute Gasteiger partial charge is 0.460 e. The molecule has 1 unspecified atom stereocenters. The number of ether oxygens (including phenoxy) is 1. The molecule has 0 fully saturated rings. The number of esters is 1. The van der Waals surface area contributed by atoms with Gasteiger partial charge in [0.05, 0.1) is 12.3 Å². The van der Waals surface area contributed by atoms with Gasteiger partial charge in [0, 0.05) is 6.42 Å². The molecular weight excluding hydrogens is 266 g/mol. The summed E-state index contributed by atoms with van der Waals surface area (Å²) in [6.45, 7) is 15.1. The van der Waals surface area contributed by atoms with Crippen LogP contribution in [0.2, 0.25) is 0 Å². The quantitative estimate of drug-likeness (QED) is 0.735. The molecule has 0 radical (unpaired) electrons. The van der Waals surface area contributed by atoms with Gasteiger partial charge < -0.3 is 9.15 Å². The monoisotopic (exact) mass is 295 g/mol. The van der Waals surface area contributed by atoms with E-state index < -0.39 is 5.97 Å². The number of aromatic nitrogens is 1. The van der Waals surface area contributed by atoms with Crippen molar-refractivity contribution >= 4 is 5.97 Å². The van der Waals surface area contributed by atoms with Crippen LogP contribution in [0.25, 0.3) is 0 Å². The molecule has 21 heavy (non-hydrogen) atoms. The van der Waals surface area contributed by atoms with Crippen LogP contribution in [0.15, 0.2) is 4.42 Å². The molecular formula is C17H29NO3. The van der Waals surface area contributed by atoms with Gasteiger partial charge >= 0.3 is 5.97 Å². The van der Waals surface area contributed by atoms with E-state index in [2.05, 4.69) is 46.5 Å². The number of rotatable bonds is 6. The summed E-state index contributed by atoms with van der Waals surface area (Å²) in [5, 5.41) is 0. The van der Waals surface area contributed by atoms with Gasteiger partial charge in [0.1, 0.15) is 0 Å². The summed E-state index contributed by atoms with van der Waals surface area (Å²) in [7, 11) is 0. The van der Waals surface area contributed by atoms with Crippen LogP contribution in [0.1, 0.15) is 70.6 Å². The molecule has 4 heteroatoms. The van der Waals surface area contributed by atoms with Gasteiger partial charge in [-0.2, -0.15) is 0 Å². The van der Waals surface area contributed by atoms with Gasteiger partial charge in [0.25, 0.3) is 0 Å². The summed E-state index contributed by atoms with van der Waals surface area (Å²) < 4.78 is 10.8. The summed E-state index contributed by atoms with van der Waals surface area (Å²) in [5.74, 6) is 1.34. The molecule has 0 saturated carbocycles. The summed E-state index contributed by atoms with van der Waals surface area (Å²) in [6.07, 6.45) is 1.45. The van der Waals surface area contributed by atoms with Crippen molar-refractivity contribution in [1.82, 2.24) is 4.98 Å². The van der Waals surface area contributed by atoms with Crippen LogP contribution in [0.4, 0.5) is 0 Å². The fourth-order valence-electron chi connectivity index (χ4n) is 1.94. The van der Waals surface area contributed by atoms with E-state index in [1.165, 1.54) is 0 Å². The highest BCUT2D eigenvalue weighted by atomic mass is 16.5. The molecule has 0 aliphatic rings. The zero-order chi connectivity index (χ0) is 16.2. The Hall–Kier alpha value is -1.32. The predicted molar refractivity (Wildman–Crippen MR) is 83.3 cm³/mol. The van der Waals surface area contributed by atoms with E-state index in [9.17, 15) is 4.79 Å². The fraction of sp³-hybridized carbons (Fsp3) is 0.765. The van der Waals surface area contributed by atoms with Crippen LogP contribution < -0.4 is 0 Å². The van der Waals surface area contributed by atoms with E-state index >= 15 is 0 Å². The number of carbonyl (C=O) groups excluding carboxylic acids is 1. The Kier molecular flexibility index (Phi) is 5.99. The van der Waals surface area contributed by atoms with Gasteiger partial charge in [-0.05, 0) is 30.6 Å². The molecule has 0 aliphatic carbocycles. The Morgan fingerprint density at radius 2 is 1.86 bits per heavy atom. The molecule has 0 N–H and O–H groups in total. The highest BCUT2D eigenvalue weighted by Crippen LogP contribution is 2.29. The first-order chi connectivity index (χ1) is 9.65. The molecule has 0 aliphatic heterocycles. The zero-order valence-electron chi connectivity index (χ0n) is 14.4. The van der Waals surface area contributed by atoms with Gasteiger partial charge in [-0.15, -0.1) is 0 Å². The third kappa shape index (κ3) is 5.18. The lowest BCUT2D eigenvalue weighted by atomic mass is 9.80. The molecule has 1 aromatic heterocycles. The lowest BCUT2D eigenvalue weighted by molar-refractivity contribution is 0.0485.